The molecule has 178 valence electrons. The first-order valence-corrected chi connectivity index (χ1v) is 11.1. The van der Waals surface area contributed by atoms with Gasteiger partial charge >= 0.3 is 5.97 Å². The second-order valence-corrected chi connectivity index (χ2v) is 8.70. The lowest BCUT2D eigenvalue weighted by Gasteiger charge is -2.29. The number of likely N-dealkylation sites (tertiary alicyclic amines) is 1. The van der Waals surface area contributed by atoms with E-state index in [0.717, 1.165) is 16.5 Å². The molecule has 0 aliphatic carbocycles. The lowest BCUT2D eigenvalue weighted by molar-refractivity contribution is -0.141. The third kappa shape index (κ3) is 5.70. The molecule has 1 fully saturated rings. The number of hydrogen-bond donors (Lipinski definition) is 5. The summed E-state index contributed by atoms with van der Waals surface area (Å²) in [5, 5.41) is 14.9. The maximum Gasteiger partial charge on any atom is 0.322 e. The largest absolute Gasteiger partial charge is 0.480 e. The summed E-state index contributed by atoms with van der Waals surface area (Å²) in [7, 11) is 0. The van der Waals surface area contributed by atoms with Crippen LogP contribution in [-0.2, 0) is 25.6 Å². The topological polar surface area (TPSA) is 158 Å². The molecule has 3 unspecified atom stereocenters. The number of carbonyl (C=O) groups excluding carboxylic acids is 3. The maximum atomic E-state index is 13.1. The monoisotopic (exact) mass is 457 g/mol. The lowest BCUT2D eigenvalue weighted by atomic mass is 10.0. The van der Waals surface area contributed by atoms with Gasteiger partial charge in [0.1, 0.15) is 18.6 Å². The molecule has 33 heavy (non-hydrogen) atoms. The lowest BCUT2D eigenvalue weighted by Crippen LogP contribution is -2.56. The van der Waals surface area contributed by atoms with Gasteiger partial charge in [-0.25, -0.2) is 0 Å². The zero-order valence-electron chi connectivity index (χ0n) is 18.8. The summed E-state index contributed by atoms with van der Waals surface area (Å²) >= 11 is 0. The number of aromatic nitrogens is 1. The number of rotatable bonds is 9. The van der Waals surface area contributed by atoms with Crippen LogP contribution in [0.15, 0.2) is 30.5 Å². The third-order valence-corrected chi connectivity index (χ3v) is 5.99. The molecule has 0 saturated carbocycles. The first kappa shape index (κ1) is 24.2. The number of carboxylic acid groups (broad SMARTS) is 1. The first-order chi connectivity index (χ1) is 15.7. The van der Waals surface area contributed by atoms with E-state index < -0.39 is 42.5 Å². The molecular weight excluding hydrogens is 426 g/mol. The van der Waals surface area contributed by atoms with Crippen molar-refractivity contribution in [2.24, 2.45) is 11.7 Å². The highest BCUT2D eigenvalue weighted by Crippen LogP contribution is 2.22. The molecule has 0 spiro atoms. The predicted octanol–water partition coefficient (Wildman–Crippen LogP) is 0.370. The van der Waals surface area contributed by atoms with Crippen LogP contribution in [0.5, 0.6) is 0 Å². The van der Waals surface area contributed by atoms with Gasteiger partial charge in [0.25, 0.3) is 0 Å². The van der Waals surface area contributed by atoms with Crippen LogP contribution < -0.4 is 16.4 Å². The van der Waals surface area contributed by atoms with Gasteiger partial charge in [-0.3, -0.25) is 19.2 Å². The van der Waals surface area contributed by atoms with Gasteiger partial charge in [-0.2, -0.15) is 0 Å². The fraction of sp³-hybridized carbons (Fsp3) is 0.478. The van der Waals surface area contributed by atoms with Crippen molar-refractivity contribution in [3.05, 3.63) is 36.0 Å². The molecule has 0 radical (unpaired) electrons. The standard InChI is InChI=1S/C23H31N5O5/c1-13(2)20(24)23(33)28-9-5-8-18(28)22(32)27-17(21(31)26-12-19(29)30)10-14-11-25-16-7-4-3-6-15(14)16/h3-4,6-7,11,13,17-18,20,25H,5,8-10,12,24H2,1-2H3,(H,26,31)(H,27,32)(H,29,30). The number of aliphatic carboxylic acids is 1. The number of nitrogens with two attached hydrogens (primary N) is 1. The molecule has 3 atom stereocenters. The van der Waals surface area contributed by atoms with E-state index in [2.05, 4.69) is 15.6 Å². The van der Waals surface area contributed by atoms with Gasteiger partial charge in [0.05, 0.1) is 6.04 Å². The Morgan fingerprint density at radius 1 is 1.24 bits per heavy atom. The van der Waals surface area contributed by atoms with Crippen LogP contribution in [-0.4, -0.2) is 69.9 Å². The number of aromatic amines is 1. The normalized spacial score (nSPS) is 17.7. The Kier molecular flexibility index (Phi) is 7.70. The van der Waals surface area contributed by atoms with Gasteiger partial charge in [-0.05, 0) is 30.4 Å². The Morgan fingerprint density at radius 3 is 2.67 bits per heavy atom. The summed E-state index contributed by atoms with van der Waals surface area (Å²) in [5.41, 5.74) is 7.71. The molecule has 3 rings (SSSR count). The number of benzene rings is 1. The number of carboxylic acids is 1. The van der Waals surface area contributed by atoms with Crippen molar-refractivity contribution in [2.45, 2.75) is 51.2 Å². The highest BCUT2D eigenvalue weighted by molar-refractivity contribution is 5.94. The quantitative estimate of drug-likeness (QED) is 0.366. The van der Waals surface area contributed by atoms with Crippen LogP contribution in [0.4, 0.5) is 0 Å². The number of H-pyrrole nitrogens is 1. The molecule has 1 aromatic carbocycles. The van der Waals surface area contributed by atoms with Crippen LogP contribution in [0.3, 0.4) is 0 Å². The van der Waals surface area contributed by atoms with Crippen molar-refractivity contribution in [3.8, 4) is 0 Å². The first-order valence-electron chi connectivity index (χ1n) is 11.1. The van der Waals surface area contributed by atoms with E-state index in [1.165, 1.54) is 4.90 Å². The van der Waals surface area contributed by atoms with Crippen molar-refractivity contribution in [2.75, 3.05) is 13.1 Å². The minimum absolute atomic E-state index is 0.0711. The molecule has 1 aliphatic heterocycles. The SMILES string of the molecule is CC(C)C(N)C(=O)N1CCCC1C(=O)NC(Cc1c[nH]c2ccccc12)C(=O)NCC(=O)O. The summed E-state index contributed by atoms with van der Waals surface area (Å²) in [6.45, 7) is 3.56. The fourth-order valence-corrected chi connectivity index (χ4v) is 4.06. The van der Waals surface area contributed by atoms with E-state index in [9.17, 15) is 19.2 Å². The Bertz CT molecular complexity index is 1030. The number of nitrogens with one attached hydrogen (secondary N) is 3. The number of hydrogen-bond acceptors (Lipinski definition) is 5. The average Bonchev–Trinajstić information content (AvgIpc) is 3.43. The van der Waals surface area contributed by atoms with Crippen LogP contribution in [0, 0.1) is 5.92 Å². The van der Waals surface area contributed by atoms with E-state index in [1.54, 1.807) is 6.20 Å². The Hall–Kier alpha value is -3.40. The van der Waals surface area contributed by atoms with E-state index in [4.69, 9.17) is 10.8 Å². The van der Waals surface area contributed by atoms with Gasteiger partial charge in [-0.15, -0.1) is 0 Å². The fourth-order valence-electron chi connectivity index (χ4n) is 4.06. The van der Waals surface area contributed by atoms with E-state index in [1.807, 2.05) is 38.1 Å². The summed E-state index contributed by atoms with van der Waals surface area (Å²) < 4.78 is 0. The molecule has 10 nitrogen and oxygen atoms in total. The molecule has 0 bridgehead atoms. The second kappa shape index (κ2) is 10.5. The van der Waals surface area contributed by atoms with E-state index in [-0.39, 0.29) is 18.2 Å². The minimum Gasteiger partial charge on any atom is -0.480 e. The minimum atomic E-state index is -1.18. The zero-order chi connectivity index (χ0) is 24.1. The van der Waals surface area contributed by atoms with Crippen molar-refractivity contribution in [1.29, 1.82) is 0 Å². The summed E-state index contributed by atoms with van der Waals surface area (Å²) in [6.07, 6.45) is 3.06. The molecule has 1 aromatic heterocycles. The van der Waals surface area contributed by atoms with Crippen LogP contribution in [0.2, 0.25) is 0 Å². The van der Waals surface area contributed by atoms with Gasteiger partial charge < -0.3 is 31.4 Å². The van der Waals surface area contributed by atoms with Crippen molar-refractivity contribution in [1.82, 2.24) is 20.5 Å². The van der Waals surface area contributed by atoms with Gasteiger partial charge in [-0.1, -0.05) is 32.0 Å². The Morgan fingerprint density at radius 2 is 1.97 bits per heavy atom. The summed E-state index contributed by atoms with van der Waals surface area (Å²) in [4.78, 5) is 54.2. The zero-order valence-corrected chi connectivity index (χ0v) is 18.8. The Labute approximate surface area is 191 Å². The third-order valence-electron chi connectivity index (χ3n) is 5.99. The maximum absolute atomic E-state index is 13.1. The molecule has 3 amide bonds. The summed E-state index contributed by atoms with van der Waals surface area (Å²) in [6, 6.07) is 5.12. The number of nitrogens with zero attached hydrogens (tertiary/aromatic N) is 1. The second-order valence-electron chi connectivity index (χ2n) is 8.70. The van der Waals surface area contributed by atoms with Crippen molar-refractivity contribution in [3.63, 3.8) is 0 Å². The highest BCUT2D eigenvalue weighted by Gasteiger charge is 2.38. The van der Waals surface area contributed by atoms with E-state index in [0.29, 0.717) is 19.4 Å². The van der Waals surface area contributed by atoms with Gasteiger partial charge in [0.15, 0.2) is 0 Å². The molecule has 2 aromatic rings. The number of fused-ring (bicyclic) bond motifs is 1. The number of para-hydroxylation sites is 1. The number of amides is 3. The smallest absolute Gasteiger partial charge is 0.322 e. The Balaban J connectivity index is 1.78. The summed E-state index contributed by atoms with van der Waals surface area (Å²) in [5.74, 6) is -2.60. The average molecular weight is 458 g/mol. The van der Waals surface area contributed by atoms with E-state index >= 15 is 0 Å². The van der Waals surface area contributed by atoms with Crippen LogP contribution >= 0.6 is 0 Å². The van der Waals surface area contributed by atoms with Gasteiger partial charge in [0.2, 0.25) is 17.7 Å². The molecule has 10 heteroatoms. The van der Waals surface area contributed by atoms with Gasteiger partial charge in [0, 0.05) is 30.1 Å². The van der Waals surface area contributed by atoms with Crippen LogP contribution in [0.1, 0.15) is 32.3 Å². The molecule has 6 N–H and O–H groups in total. The molecule has 1 aliphatic rings. The van der Waals surface area contributed by atoms with Crippen molar-refractivity contribution >= 4 is 34.6 Å². The predicted molar refractivity (Wildman–Crippen MR) is 122 cm³/mol. The highest BCUT2D eigenvalue weighted by atomic mass is 16.4. The molecular formula is C23H31N5O5. The molecule has 2 heterocycles. The van der Waals surface area contributed by atoms with Crippen molar-refractivity contribution < 1.29 is 24.3 Å². The number of carbonyl (C=O) groups is 4. The molecule has 1 saturated heterocycles. The van der Waals surface area contributed by atoms with Crippen LogP contribution in [0.25, 0.3) is 10.9 Å².